The van der Waals surface area contributed by atoms with Crippen molar-refractivity contribution in [3.8, 4) is 0 Å². The van der Waals surface area contributed by atoms with Crippen molar-refractivity contribution in [3.05, 3.63) is 0 Å². The molecule has 0 saturated carbocycles. The minimum Gasteiger partial charge on any atom is -0.396 e. The molecule has 2 unspecified atom stereocenters. The van der Waals surface area contributed by atoms with E-state index >= 15 is 0 Å². The molecule has 0 heterocycles. The Hall–Kier alpha value is -0.0800. The lowest BCUT2D eigenvalue weighted by Crippen LogP contribution is -1.95. The highest BCUT2D eigenvalue weighted by Crippen LogP contribution is 2.19. The SMILES string of the molecule is CCCCCCCC(C)CCCCCCCO.CCCCCCCCC(C)CCCCCCCO. The zero-order chi connectivity index (χ0) is 26.2. The molecule has 0 rings (SSSR count). The van der Waals surface area contributed by atoms with Crippen molar-refractivity contribution in [3.63, 3.8) is 0 Å². The van der Waals surface area contributed by atoms with Crippen molar-refractivity contribution in [2.45, 2.75) is 188 Å². The van der Waals surface area contributed by atoms with E-state index in [-0.39, 0.29) is 0 Å². The van der Waals surface area contributed by atoms with Crippen LogP contribution in [-0.4, -0.2) is 23.4 Å². The summed E-state index contributed by atoms with van der Waals surface area (Å²) in [6.07, 6.45) is 33.8. The molecule has 0 bridgehead atoms. The number of aliphatic hydroxyl groups excluding tert-OH is 2. The first-order valence-corrected chi connectivity index (χ1v) is 16.3. The van der Waals surface area contributed by atoms with Gasteiger partial charge in [0.25, 0.3) is 0 Å². The molecule has 0 saturated heterocycles. The topological polar surface area (TPSA) is 40.5 Å². The summed E-state index contributed by atoms with van der Waals surface area (Å²) in [5, 5.41) is 17.4. The summed E-state index contributed by atoms with van der Waals surface area (Å²) in [6, 6.07) is 0. The molecule has 0 spiro atoms. The molecule has 214 valence electrons. The third-order valence-electron chi connectivity index (χ3n) is 7.56. The van der Waals surface area contributed by atoms with Crippen LogP contribution in [0, 0.1) is 11.8 Å². The van der Waals surface area contributed by atoms with Crippen molar-refractivity contribution in [2.24, 2.45) is 11.8 Å². The van der Waals surface area contributed by atoms with Crippen LogP contribution in [0.4, 0.5) is 0 Å². The Balaban J connectivity index is 0. The molecule has 0 aliphatic rings. The fourth-order valence-electron chi connectivity index (χ4n) is 4.93. The Labute approximate surface area is 223 Å². The number of unbranched alkanes of at least 4 members (excludes halogenated alkanes) is 17. The van der Waals surface area contributed by atoms with E-state index in [1.54, 1.807) is 0 Å². The summed E-state index contributed by atoms with van der Waals surface area (Å²) >= 11 is 0. The summed E-state index contributed by atoms with van der Waals surface area (Å²) < 4.78 is 0. The van der Waals surface area contributed by atoms with Crippen molar-refractivity contribution >= 4 is 0 Å². The van der Waals surface area contributed by atoms with Gasteiger partial charge in [-0.1, -0.05) is 175 Å². The fourth-order valence-corrected chi connectivity index (χ4v) is 4.93. The quantitative estimate of drug-likeness (QED) is 0.111. The fraction of sp³-hybridized carbons (Fsp3) is 1.00. The standard InChI is InChI=1S/C17H36O.C16H34O/c1-3-4-5-6-8-11-14-17(2)15-12-9-7-10-13-16-18;1-3-4-5-7-10-13-16(2)14-11-8-6-9-12-15-17/h17-18H,3-16H2,1-2H3;16-17H,3-15H2,1-2H3. The summed E-state index contributed by atoms with van der Waals surface area (Å²) in [5.74, 6) is 1.85. The van der Waals surface area contributed by atoms with E-state index in [0.717, 1.165) is 24.7 Å². The zero-order valence-corrected chi connectivity index (χ0v) is 25.1. The molecule has 2 atom stereocenters. The molecule has 0 aliphatic heterocycles. The Morgan fingerprint density at radius 2 is 0.571 bits per heavy atom. The predicted octanol–water partition coefficient (Wildman–Crippen LogP) is 11.0. The molecule has 2 N–H and O–H groups in total. The number of hydrogen-bond donors (Lipinski definition) is 2. The van der Waals surface area contributed by atoms with Gasteiger partial charge in [0.2, 0.25) is 0 Å². The van der Waals surface area contributed by atoms with Gasteiger partial charge in [-0.05, 0) is 24.7 Å². The Kier molecular flexibility index (Phi) is 35.9. The molecule has 2 heteroatoms. The summed E-state index contributed by atoms with van der Waals surface area (Å²) in [7, 11) is 0. The van der Waals surface area contributed by atoms with Crippen LogP contribution in [-0.2, 0) is 0 Å². The van der Waals surface area contributed by atoms with Crippen molar-refractivity contribution in [2.75, 3.05) is 13.2 Å². The second-order valence-corrected chi connectivity index (χ2v) is 11.5. The van der Waals surface area contributed by atoms with Crippen LogP contribution in [0.15, 0.2) is 0 Å². The average molecular weight is 499 g/mol. The molecule has 0 aromatic rings. The Morgan fingerprint density at radius 1 is 0.343 bits per heavy atom. The van der Waals surface area contributed by atoms with E-state index < -0.39 is 0 Å². The Bertz CT molecular complexity index is 328. The number of hydrogen-bond acceptors (Lipinski definition) is 2. The van der Waals surface area contributed by atoms with Gasteiger partial charge in [0.1, 0.15) is 0 Å². The van der Waals surface area contributed by atoms with Gasteiger partial charge in [0.05, 0.1) is 0 Å². The van der Waals surface area contributed by atoms with Gasteiger partial charge in [0.15, 0.2) is 0 Å². The van der Waals surface area contributed by atoms with Gasteiger partial charge >= 0.3 is 0 Å². The molecular weight excluding hydrogens is 428 g/mol. The molecule has 0 aromatic heterocycles. The normalized spacial score (nSPS) is 12.9. The third kappa shape index (κ3) is 36.1. The molecule has 0 amide bonds. The van der Waals surface area contributed by atoms with Crippen molar-refractivity contribution in [1.29, 1.82) is 0 Å². The van der Waals surface area contributed by atoms with Gasteiger partial charge in [-0.25, -0.2) is 0 Å². The largest absolute Gasteiger partial charge is 0.396 e. The van der Waals surface area contributed by atoms with Gasteiger partial charge in [-0.2, -0.15) is 0 Å². The van der Waals surface area contributed by atoms with E-state index in [9.17, 15) is 0 Å². The number of rotatable bonds is 27. The highest BCUT2D eigenvalue weighted by molar-refractivity contribution is 4.56. The van der Waals surface area contributed by atoms with E-state index in [4.69, 9.17) is 10.2 Å². The molecular formula is C33H70O2. The van der Waals surface area contributed by atoms with Crippen LogP contribution < -0.4 is 0 Å². The summed E-state index contributed by atoms with van der Waals surface area (Å²) in [5.41, 5.74) is 0. The highest BCUT2D eigenvalue weighted by Gasteiger charge is 2.03. The molecule has 2 nitrogen and oxygen atoms in total. The van der Waals surface area contributed by atoms with Crippen LogP contribution in [0.1, 0.15) is 188 Å². The van der Waals surface area contributed by atoms with Crippen LogP contribution >= 0.6 is 0 Å². The van der Waals surface area contributed by atoms with E-state index in [0.29, 0.717) is 13.2 Å². The lowest BCUT2D eigenvalue weighted by atomic mass is 9.96. The average Bonchev–Trinajstić information content (AvgIpc) is 2.86. The smallest absolute Gasteiger partial charge is 0.0431 e. The first-order chi connectivity index (χ1) is 17.1. The van der Waals surface area contributed by atoms with Crippen LogP contribution in [0.25, 0.3) is 0 Å². The molecule has 0 aromatic carbocycles. The second kappa shape index (κ2) is 33.9. The monoisotopic (exact) mass is 499 g/mol. The minimum absolute atomic E-state index is 0.369. The maximum absolute atomic E-state index is 8.69. The lowest BCUT2D eigenvalue weighted by molar-refractivity contribution is 0.281. The minimum atomic E-state index is 0.369. The van der Waals surface area contributed by atoms with Crippen LogP contribution in [0.2, 0.25) is 0 Å². The highest BCUT2D eigenvalue weighted by atomic mass is 16.3. The van der Waals surface area contributed by atoms with E-state index in [1.807, 2.05) is 0 Å². The number of aliphatic hydroxyl groups is 2. The van der Waals surface area contributed by atoms with E-state index in [1.165, 1.54) is 148 Å². The lowest BCUT2D eigenvalue weighted by Gasteiger charge is -2.10. The second-order valence-electron chi connectivity index (χ2n) is 11.5. The molecule has 0 aliphatic carbocycles. The van der Waals surface area contributed by atoms with Gasteiger partial charge in [-0.3, -0.25) is 0 Å². The first kappa shape index (κ1) is 37.1. The van der Waals surface area contributed by atoms with Crippen molar-refractivity contribution in [1.82, 2.24) is 0 Å². The maximum Gasteiger partial charge on any atom is 0.0431 e. The molecule has 35 heavy (non-hydrogen) atoms. The maximum atomic E-state index is 8.69. The van der Waals surface area contributed by atoms with Gasteiger partial charge < -0.3 is 10.2 Å². The zero-order valence-electron chi connectivity index (χ0n) is 25.1. The molecule has 0 fully saturated rings. The van der Waals surface area contributed by atoms with Crippen molar-refractivity contribution < 1.29 is 10.2 Å². The molecule has 0 radical (unpaired) electrons. The third-order valence-corrected chi connectivity index (χ3v) is 7.56. The van der Waals surface area contributed by atoms with Gasteiger partial charge in [-0.15, -0.1) is 0 Å². The summed E-state index contributed by atoms with van der Waals surface area (Å²) in [6.45, 7) is 10.1. The van der Waals surface area contributed by atoms with E-state index in [2.05, 4.69) is 27.7 Å². The summed E-state index contributed by atoms with van der Waals surface area (Å²) in [4.78, 5) is 0. The Morgan fingerprint density at radius 3 is 0.829 bits per heavy atom. The van der Waals surface area contributed by atoms with Gasteiger partial charge in [0, 0.05) is 13.2 Å². The first-order valence-electron chi connectivity index (χ1n) is 16.3. The van der Waals surface area contributed by atoms with Crippen LogP contribution in [0.5, 0.6) is 0 Å². The predicted molar refractivity (Wildman–Crippen MR) is 159 cm³/mol. The van der Waals surface area contributed by atoms with Crippen LogP contribution in [0.3, 0.4) is 0 Å².